The fraction of sp³-hybridized carbons (Fsp3) is 0.310. The van der Waals surface area contributed by atoms with Crippen LogP contribution in [-0.4, -0.2) is 85.4 Å². The zero-order valence-corrected chi connectivity index (χ0v) is 34.5. The number of sulfonamides is 1. The fourth-order valence-corrected chi connectivity index (χ4v) is 8.07. The number of anilines is 2. The number of nitrogens with zero attached hydrogens (tertiary/aromatic N) is 5. The third kappa shape index (κ3) is 10.9. The number of hydrogen-bond acceptors (Lipinski definition) is 11. The van der Waals surface area contributed by atoms with Gasteiger partial charge in [-0.15, -0.1) is 22.0 Å². The molecule has 310 valence electrons. The third-order valence-corrected chi connectivity index (χ3v) is 11.8. The molecule has 1 fully saturated rings. The average molecular weight is 848 g/mol. The maximum atomic E-state index is 14.0. The molecule has 0 aliphatic carbocycles. The Bertz CT molecular complexity index is 2390. The number of pyridine rings is 1. The second kappa shape index (κ2) is 18.1. The van der Waals surface area contributed by atoms with Crippen molar-refractivity contribution in [3.8, 4) is 16.9 Å². The van der Waals surface area contributed by atoms with Crippen molar-refractivity contribution in [1.82, 2.24) is 24.8 Å². The normalized spacial score (nSPS) is 13.5. The first-order chi connectivity index (χ1) is 28.0. The SMILES string of the molecule is CCOc1cncc(-c2cc(C(=O)N3CCN(c4ccc(C(=O)NS(=O)(=O)c5ccc(NCCSc6ccccc6)c(C(F)(F)F)c5)nn4)CC3)cc(C(C)(C)C)c2)c1. The van der Waals surface area contributed by atoms with Crippen LogP contribution in [0.15, 0.2) is 107 Å². The Morgan fingerprint density at radius 3 is 2.27 bits per heavy atom. The minimum Gasteiger partial charge on any atom is -0.492 e. The summed E-state index contributed by atoms with van der Waals surface area (Å²) < 4.78 is 75.7. The molecule has 0 spiro atoms. The van der Waals surface area contributed by atoms with E-state index in [4.69, 9.17) is 4.74 Å². The van der Waals surface area contributed by atoms with E-state index >= 15 is 0 Å². The van der Waals surface area contributed by atoms with E-state index in [9.17, 15) is 31.2 Å². The summed E-state index contributed by atoms with van der Waals surface area (Å²) in [6, 6.07) is 22.4. The van der Waals surface area contributed by atoms with Crippen molar-refractivity contribution in [2.45, 2.75) is 49.1 Å². The van der Waals surface area contributed by atoms with Crippen LogP contribution in [0.1, 0.15) is 59.7 Å². The van der Waals surface area contributed by atoms with Crippen LogP contribution in [0, 0.1) is 0 Å². The minimum absolute atomic E-state index is 0.128. The van der Waals surface area contributed by atoms with E-state index in [2.05, 4.69) is 47.3 Å². The molecule has 1 aliphatic heterocycles. The average Bonchev–Trinajstić information content (AvgIpc) is 3.22. The molecule has 6 rings (SSSR count). The van der Waals surface area contributed by atoms with E-state index in [0.29, 0.717) is 61.7 Å². The first-order valence-electron chi connectivity index (χ1n) is 18.8. The van der Waals surface area contributed by atoms with Crippen molar-refractivity contribution in [2.75, 3.05) is 55.3 Å². The molecule has 0 bridgehead atoms. The van der Waals surface area contributed by atoms with Crippen LogP contribution < -0.4 is 19.7 Å². The van der Waals surface area contributed by atoms with Gasteiger partial charge in [-0.3, -0.25) is 14.6 Å². The van der Waals surface area contributed by atoms with Crippen molar-refractivity contribution < 1.29 is 35.9 Å². The monoisotopic (exact) mass is 847 g/mol. The van der Waals surface area contributed by atoms with Gasteiger partial charge in [-0.25, -0.2) is 13.1 Å². The van der Waals surface area contributed by atoms with Gasteiger partial charge in [0.25, 0.3) is 21.8 Å². The molecule has 0 radical (unpaired) electrons. The van der Waals surface area contributed by atoms with Gasteiger partial charge in [-0.2, -0.15) is 13.2 Å². The van der Waals surface area contributed by atoms with Crippen LogP contribution >= 0.6 is 11.8 Å². The van der Waals surface area contributed by atoms with Crippen LogP contribution in [0.3, 0.4) is 0 Å². The summed E-state index contributed by atoms with van der Waals surface area (Å²) in [6.07, 6.45) is -1.48. The Kier molecular flexibility index (Phi) is 13.1. The Morgan fingerprint density at radius 2 is 1.61 bits per heavy atom. The highest BCUT2D eigenvalue weighted by Crippen LogP contribution is 2.37. The molecule has 12 nitrogen and oxygen atoms in total. The maximum absolute atomic E-state index is 14.0. The highest BCUT2D eigenvalue weighted by atomic mass is 32.2. The number of aromatic nitrogens is 3. The molecule has 5 aromatic rings. The number of carbonyl (C=O) groups excluding carboxylic acids is 2. The van der Waals surface area contributed by atoms with Crippen molar-refractivity contribution >= 4 is 45.1 Å². The molecule has 3 heterocycles. The van der Waals surface area contributed by atoms with Crippen molar-refractivity contribution in [3.05, 3.63) is 120 Å². The number of thioether (sulfide) groups is 1. The Labute approximate surface area is 345 Å². The lowest BCUT2D eigenvalue weighted by atomic mass is 9.84. The van der Waals surface area contributed by atoms with Crippen molar-refractivity contribution in [3.63, 3.8) is 0 Å². The summed E-state index contributed by atoms with van der Waals surface area (Å²) >= 11 is 1.46. The zero-order valence-electron chi connectivity index (χ0n) is 32.9. The summed E-state index contributed by atoms with van der Waals surface area (Å²) in [5.74, 6) is 0.210. The summed E-state index contributed by atoms with van der Waals surface area (Å²) in [6.45, 7) is 10.4. The lowest BCUT2D eigenvalue weighted by Crippen LogP contribution is -2.49. The van der Waals surface area contributed by atoms with Gasteiger partial charge in [0.1, 0.15) is 5.75 Å². The number of benzene rings is 3. The molecule has 2 N–H and O–H groups in total. The van der Waals surface area contributed by atoms with Crippen LogP contribution in [-0.2, 0) is 21.6 Å². The van der Waals surface area contributed by atoms with Gasteiger partial charge in [0.15, 0.2) is 11.5 Å². The third-order valence-electron chi connectivity index (χ3n) is 9.44. The summed E-state index contributed by atoms with van der Waals surface area (Å²) in [5.41, 5.74) is 1.16. The van der Waals surface area contributed by atoms with Crippen LogP contribution in [0.4, 0.5) is 24.7 Å². The number of amides is 2. The fourth-order valence-electron chi connectivity index (χ4n) is 6.29. The van der Waals surface area contributed by atoms with E-state index in [1.54, 1.807) is 22.0 Å². The molecule has 2 amide bonds. The predicted molar refractivity (Wildman–Crippen MR) is 221 cm³/mol. The molecule has 0 saturated carbocycles. The number of hydrogen-bond donors (Lipinski definition) is 2. The summed E-state index contributed by atoms with van der Waals surface area (Å²) in [5, 5.41) is 10.7. The maximum Gasteiger partial charge on any atom is 0.418 e. The number of carbonyl (C=O) groups is 2. The van der Waals surface area contributed by atoms with Gasteiger partial charge in [0.05, 0.1) is 23.3 Å². The molecule has 3 aromatic carbocycles. The largest absolute Gasteiger partial charge is 0.492 e. The molecule has 0 unspecified atom stereocenters. The van der Waals surface area contributed by atoms with Crippen LogP contribution in [0.25, 0.3) is 11.1 Å². The Balaban J connectivity index is 1.07. The van der Waals surface area contributed by atoms with Gasteiger partial charge >= 0.3 is 6.18 Å². The molecule has 0 atom stereocenters. The Hall–Kier alpha value is -5.68. The van der Waals surface area contributed by atoms with E-state index in [-0.39, 0.29) is 29.2 Å². The lowest BCUT2D eigenvalue weighted by molar-refractivity contribution is -0.137. The standard InChI is InChI=1S/C42H44F3N7O5S2/c1-5-57-32-24-30(26-46-27-32)28-21-29(23-31(22-28)41(2,3)4)40(54)52-18-16-51(17-19-52)38-14-13-37(48-49-38)39(53)50-59(55,56)34-11-12-36(35(25-34)42(43,44)45)47-15-20-58-33-9-7-6-8-10-33/h6-14,21-27,47H,5,15-20H2,1-4H3,(H,50,53). The molecule has 1 saturated heterocycles. The van der Waals surface area contributed by atoms with Crippen LogP contribution in [0.2, 0.25) is 0 Å². The van der Waals surface area contributed by atoms with E-state index in [1.807, 2.05) is 60.4 Å². The number of ether oxygens (including phenoxy) is 1. The van der Waals surface area contributed by atoms with Gasteiger partial charge in [-0.1, -0.05) is 45.0 Å². The van der Waals surface area contributed by atoms with Gasteiger partial charge < -0.3 is 19.9 Å². The number of rotatable bonds is 13. The predicted octanol–water partition coefficient (Wildman–Crippen LogP) is 7.54. The van der Waals surface area contributed by atoms with Crippen LogP contribution in [0.5, 0.6) is 5.75 Å². The van der Waals surface area contributed by atoms with Gasteiger partial charge in [0, 0.05) is 66.4 Å². The number of nitrogens with one attached hydrogen (secondary N) is 2. The number of halogens is 3. The lowest BCUT2D eigenvalue weighted by Gasteiger charge is -2.35. The molecular formula is C42H44F3N7O5S2. The highest BCUT2D eigenvalue weighted by molar-refractivity contribution is 7.99. The van der Waals surface area contributed by atoms with Crippen molar-refractivity contribution in [2.24, 2.45) is 0 Å². The van der Waals surface area contributed by atoms with Gasteiger partial charge in [-0.05, 0) is 84.1 Å². The molecule has 2 aromatic heterocycles. The van der Waals surface area contributed by atoms with E-state index < -0.39 is 32.6 Å². The molecule has 1 aliphatic rings. The highest BCUT2D eigenvalue weighted by Gasteiger charge is 2.35. The Morgan fingerprint density at radius 1 is 0.864 bits per heavy atom. The van der Waals surface area contributed by atoms with E-state index in [0.717, 1.165) is 33.7 Å². The summed E-state index contributed by atoms with van der Waals surface area (Å²) in [4.78, 5) is 35.0. The van der Waals surface area contributed by atoms with Gasteiger partial charge in [0.2, 0.25) is 0 Å². The van der Waals surface area contributed by atoms with Crippen molar-refractivity contribution in [1.29, 1.82) is 0 Å². The second-order valence-electron chi connectivity index (χ2n) is 14.7. The zero-order chi connectivity index (χ0) is 42.4. The quantitative estimate of drug-likeness (QED) is 0.0896. The summed E-state index contributed by atoms with van der Waals surface area (Å²) in [7, 11) is -4.73. The molecular weight excluding hydrogens is 804 g/mol. The molecule has 17 heteroatoms. The number of alkyl halides is 3. The van der Waals surface area contributed by atoms with E-state index in [1.165, 1.54) is 23.9 Å². The first-order valence-corrected chi connectivity index (χ1v) is 21.3. The number of piperazine rings is 1. The smallest absolute Gasteiger partial charge is 0.418 e. The topological polar surface area (TPSA) is 147 Å². The first kappa shape index (κ1) is 42.9. The second-order valence-corrected chi connectivity index (χ2v) is 17.5. The molecule has 59 heavy (non-hydrogen) atoms. The minimum atomic E-state index is -4.87.